The molecule has 0 aliphatic carbocycles. The second kappa shape index (κ2) is 8.02. The number of anilines is 1. The van der Waals surface area contributed by atoms with Crippen LogP contribution in [0.5, 0.6) is 5.75 Å². The molecule has 5 heteroatoms. The average Bonchev–Trinajstić information content (AvgIpc) is 2.73. The maximum atomic E-state index is 13.0. The van der Waals surface area contributed by atoms with E-state index >= 15 is 0 Å². The largest absolute Gasteiger partial charge is 0.484 e. The zero-order valence-corrected chi connectivity index (χ0v) is 15.8. The first-order valence-corrected chi connectivity index (χ1v) is 9.22. The van der Waals surface area contributed by atoms with E-state index in [1.54, 1.807) is 37.3 Å². The highest BCUT2D eigenvalue weighted by molar-refractivity contribution is 5.92. The number of carbonyl (C=O) groups is 1. The molecule has 0 spiro atoms. The quantitative estimate of drug-likeness (QED) is 0.536. The third-order valence-electron chi connectivity index (χ3n) is 4.53. The van der Waals surface area contributed by atoms with Crippen molar-refractivity contribution in [3.63, 3.8) is 0 Å². The van der Waals surface area contributed by atoms with Gasteiger partial charge in [0.2, 0.25) is 5.43 Å². The van der Waals surface area contributed by atoms with Gasteiger partial charge in [-0.3, -0.25) is 9.59 Å². The number of hydrogen-bond acceptors (Lipinski definition) is 4. The first-order chi connectivity index (χ1) is 14.1. The maximum Gasteiger partial charge on any atom is 0.262 e. The highest BCUT2D eigenvalue weighted by Gasteiger charge is 2.14. The normalized spacial score (nSPS) is 10.7. The van der Waals surface area contributed by atoms with E-state index in [0.29, 0.717) is 33.7 Å². The number of fused-ring (bicyclic) bond motifs is 1. The molecule has 5 nitrogen and oxygen atoms in total. The van der Waals surface area contributed by atoms with Crippen LogP contribution in [0.25, 0.3) is 22.1 Å². The van der Waals surface area contributed by atoms with Crippen LogP contribution in [0.1, 0.15) is 5.76 Å². The number of benzene rings is 3. The minimum absolute atomic E-state index is 0.0941. The molecule has 0 bridgehead atoms. The summed E-state index contributed by atoms with van der Waals surface area (Å²) < 4.78 is 11.5. The van der Waals surface area contributed by atoms with Crippen LogP contribution < -0.4 is 15.5 Å². The molecule has 144 valence electrons. The van der Waals surface area contributed by atoms with Gasteiger partial charge in [0.1, 0.15) is 17.1 Å². The van der Waals surface area contributed by atoms with E-state index in [4.69, 9.17) is 9.15 Å². The van der Waals surface area contributed by atoms with Crippen LogP contribution >= 0.6 is 0 Å². The summed E-state index contributed by atoms with van der Waals surface area (Å²) >= 11 is 0. The third-order valence-corrected chi connectivity index (χ3v) is 4.53. The number of para-hydroxylation sites is 1. The smallest absolute Gasteiger partial charge is 0.262 e. The Morgan fingerprint density at radius 2 is 1.66 bits per heavy atom. The second-order valence-electron chi connectivity index (χ2n) is 6.59. The number of hydrogen-bond donors (Lipinski definition) is 1. The van der Waals surface area contributed by atoms with Crippen molar-refractivity contribution in [3.8, 4) is 16.9 Å². The summed E-state index contributed by atoms with van der Waals surface area (Å²) in [5.74, 6) is 0.719. The van der Waals surface area contributed by atoms with E-state index in [2.05, 4.69) is 5.32 Å². The zero-order chi connectivity index (χ0) is 20.2. The maximum absolute atomic E-state index is 13.0. The van der Waals surface area contributed by atoms with E-state index in [-0.39, 0.29) is 17.9 Å². The molecule has 0 aliphatic heterocycles. The van der Waals surface area contributed by atoms with Crippen molar-refractivity contribution < 1.29 is 13.9 Å². The van der Waals surface area contributed by atoms with Crippen molar-refractivity contribution in [2.45, 2.75) is 6.92 Å². The Balaban J connectivity index is 1.55. The lowest BCUT2D eigenvalue weighted by Crippen LogP contribution is -2.20. The Morgan fingerprint density at radius 1 is 0.966 bits per heavy atom. The van der Waals surface area contributed by atoms with Crippen LogP contribution in [-0.2, 0) is 4.79 Å². The number of rotatable bonds is 5. The first kappa shape index (κ1) is 18.5. The second-order valence-corrected chi connectivity index (χ2v) is 6.59. The molecule has 3 aromatic carbocycles. The van der Waals surface area contributed by atoms with Gasteiger partial charge >= 0.3 is 0 Å². The van der Waals surface area contributed by atoms with E-state index in [0.717, 1.165) is 5.56 Å². The number of ether oxygens (including phenoxy) is 1. The first-order valence-electron chi connectivity index (χ1n) is 9.22. The van der Waals surface area contributed by atoms with Crippen molar-refractivity contribution in [2.75, 3.05) is 11.9 Å². The Morgan fingerprint density at radius 3 is 2.38 bits per heavy atom. The van der Waals surface area contributed by atoms with Gasteiger partial charge in [-0.1, -0.05) is 48.5 Å². The van der Waals surface area contributed by atoms with Gasteiger partial charge in [0.05, 0.1) is 10.9 Å². The SMILES string of the molecule is Cc1oc2cc(OCC(=O)Nc3ccccc3)ccc2c(=O)c1-c1ccccc1. The number of amides is 1. The van der Waals surface area contributed by atoms with Gasteiger partial charge < -0.3 is 14.5 Å². The van der Waals surface area contributed by atoms with Crippen molar-refractivity contribution in [1.82, 2.24) is 0 Å². The van der Waals surface area contributed by atoms with Crippen molar-refractivity contribution in [1.29, 1.82) is 0 Å². The summed E-state index contributed by atoms with van der Waals surface area (Å²) in [5.41, 5.74) is 2.40. The zero-order valence-electron chi connectivity index (χ0n) is 15.8. The van der Waals surface area contributed by atoms with E-state index in [1.165, 1.54) is 0 Å². The summed E-state index contributed by atoms with van der Waals surface area (Å²) in [6, 6.07) is 23.6. The van der Waals surface area contributed by atoms with Crippen LogP contribution in [0.15, 0.2) is 88.1 Å². The van der Waals surface area contributed by atoms with Crippen molar-refractivity contribution in [2.24, 2.45) is 0 Å². The lowest BCUT2D eigenvalue weighted by atomic mass is 10.0. The predicted octanol–water partition coefficient (Wildman–Crippen LogP) is 4.79. The van der Waals surface area contributed by atoms with E-state index in [9.17, 15) is 9.59 Å². The van der Waals surface area contributed by atoms with Gasteiger partial charge in [0.15, 0.2) is 6.61 Å². The van der Waals surface area contributed by atoms with Crippen LogP contribution in [-0.4, -0.2) is 12.5 Å². The van der Waals surface area contributed by atoms with Crippen molar-refractivity contribution in [3.05, 3.63) is 94.8 Å². The summed E-state index contributed by atoms with van der Waals surface area (Å²) in [6.07, 6.45) is 0. The molecule has 1 amide bonds. The Kier molecular flexibility index (Phi) is 5.12. The lowest BCUT2D eigenvalue weighted by molar-refractivity contribution is -0.118. The fraction of sp³-hybridized carbons (Fsp3) is 0.0833. The number of nitrogens with one attached hydrogen (secondary N) is 1. The molecule has 1 heterocycles. The fourth-order valence-electron chi connectivity index (χ4n) is 3.18. The van der Waals surface area contributed by atoms with Gasteiger partial charge in [-0.05, 0) is 36.8 Å². The standard InChI is InChI=1S/C24H19NO4/c1-16-23(17-8-4-2-5-9-17)24(27)20-13-12-19(14-21(20)29-16)28-15-22(26)25-18-10-6-3-7-11-18/h2-14H,15H2,1H3,(H,25,26). The fourth-order valence-corrected chi connectivity index (χ4v) is 3.18. The molecule has 4 aromatic rings. The predicted molar refractivity (Wildman–Crippen MR) is 113 cm³/mol. The Labute approximate surface area is 167 Å². The van der Waals surface area contributed by atoms with E-state index < -0.39 is 0 Å². The van der Waals surface area contributed by atoms with Gasteiger partial charge in [0.25, 0.3) is 5.91 Å². The van der Waals surface area contributed by atoms with Crippen LogP contribution in [0, 0.1) is 6.92 Å². The number of aryl methyl sites for hydroxylation is 1. The Bertz CT molecular complexity index is 1210. The molecule has 0 saturated heterocycles. The molecule has 0 fully saturated rings. The summed E-state index contributed by atoms with van der Waals surface area (Å²) in [4.78, 5) is 25.0. The molecular formula is C24H19NO4. The highest BCUT2D eigenvalue weighted by Crippen LogP contribution is 2.26. The minimum Gasteiger partial charge on any atom is -0.484 e. The molecule has 0 saturated carbocycles. The Hall–Kier alpha value is -3.86. The highest BCUT2D eigenvalue weighted by atomic mass is 16.5. The van der Waals surface area contributed by atoms with Gasteiger partial charge in [-0.2, -0.15) is 0 Å². The summed E-state index contributed by atoms with van der Waals surface area (Å²) in [6.45, 7) is 1.62. The van der Waals surface area contributed by atoms with Gasteiger partial charge in [0, 0.05) is 11.8 Å². The van der Waals surface area contributed by atoms with Crippen LogP contribution in [0.3, 0.4) is 0 Å². The van der Waals surface area contributed by atoms with Gasteiger partial charge in [-0.15, -0.1) is 0 Å². The van der Waals surface area contributed by atoms with E-state index in [1.807, 2.05) is 48.5 Å². The molecular weight excluding hydrogens is 366 g/mol. The molecule has 0 atom stereocenters. The molecule has 1 N–H and O–H groups in total. The third kappa shape index (κ3) is 4.04. The summed E-state index contributed by atoms with van der Waals surface area (Å²) in [5, 5.41) is 3.22. The number of carbonyl (C=O) groups excluding carboxylic acids is 1. The van der Waals surface area contributed by atoms with Crippen molar-refractivity contribution >= 4 is 22.6 Å². The van der Waals surface area contributed by atoms with Gasteiger partial charge in [-0.25, -0.2) is 0 Å². The average molecular weight is 385 g/mol. The molecule has 0 radical (unpaired) electrons. The molecule has 0 aliphatic rings. The van der Waals surface area contributed by atoms with Crippen LogP contribution in [0.4, 0.5) is 5.69 Å². The monoisotopic (exact) mass is 385 g/mol. The molecule has 1 aromatic heterocycles. The molecule has 4 rings (SSSR count). The molecule has 0 unspecified atom stereocenters. The molecule has 29 heavy (non-hydrogen) atoms. The lowest BCUT2D eigenvalue weighted by Gasteiger charge is -2.10. The van der Waals surface area contributed by atoms with Crippen LogP contribution in [0.2, 0.25) is 0 Å². The minimum atomic E-state index is -0.270. The summed E-state index contributed by atoms with van der Waals surface area (Å²) in [7, 11) is 0. The topological polar surface area (TPSA) is 68.5 Å².